The van der Waals surface area contributed by atoms with Gasteiger partial charge in [0.1, 0.15) is 5.75 Å². The zero-order chi connectivity index (χ0) is 18.1. The summed E-state index contributed by atoms with van der Waals surface area (Å²) in [6.07, 6.45) is 0.439. The topological polar surface area (TPSA) is 79.5 Å². The monoisotopic (exact) mass is 341 g/mol. The van der Waals surface area contributed by atoms with Gasteiger partial charge in [-0.3, -0.25) is 9.59 Å². The van der Waals surface area contributed by atoms with E-state index < -0.39 is 0 Å². The highest BCUT2D eigenvalue weighted by molar-refractivity contribution is 5.90. The molecule has 6 heteroatoms. The van der Waals surface area contributed by atoms with Gasteiger partial charge in [0.05, 0.1) is 13.7 Å². The van der Waals surface area contributed by atoms with Gasteiger partial charge in [-0.1, -0.05) is 19.1 Å². The van der Waals surface area contributed by atoms with E-state index in [1.165, 1.54) is 0 Å². The van der Waals surface area contributed by atoms with E-state index in [4.69, 9.17) is 4.74 Å². The number of ether oxygens (including phenoxy) is 1. The van der Waals surface area contributed by atoms with Crippen molar-refractivity contribution in [1.29, 1.82) is 0 Å². The molecule has 0 fully saturated rings. The van der Waals surface area contributed by atoms with Crippen LogP contribution in [0, 0.1) is 0 Å². The predicted molar refractivity (Wildman–Crippen MR) is 98.7 cm³/mol. The average Bonchev–Trinajstić information content (AvgIpc) is 2.66. The van der Waals surface area contributed by atoms with E-state index in [1.54, 1.807) is 26.2 Å². The van der Waals surface area contributed by atoms with Crippen LogP contribution in [0.15, 0.2) is 48.5 Å². The Labute approximate surface area is 147 Å². The highest BCUT2D eigenvalue weighted by Crippen LogP contribution is 2.13. The van der Waals surface area contributed by atoms with Crippen molar-refractivity contribution >= 4 is 23.2 Å². The van der Waals surface area contributed by atoms with Gasteiger partial charge in [-0.05, 0) is 42.0 Å². The maximum atomic E-state index is 11.9. The second kappa shape index (κ2) is 9.32. The third-order valence-corrected chi connectivity index (χ3v) is 3.59. The standard InChI is InChI=1S/C19H23N3O3/c1-3-18(23)22-16-8-6-15(7-9-16)20-13-19(24)21-12-14-4-10-17(25-2)11-5-14/h4-11,20H,3,12-13H2,1-2H3,(H,21,24)(H,22,23). The molecule has 132 valence electrons. The second-order valence-electron chi connectivity index (χ2n) is 5.46. The van der Waals surface area contributed by atoms with E-state index in [0.717, 1.165) is 22.7 Å². The van der Waals surface area contributed by atoms with Crippen LogP contribution >= 0.6 is 0 Å². The Kier molecular flexibility index (Phi) is 6.83. The fourth-order valence-electron chi connectivity index (χ4n) is 2.11. The fourth-order valence-corrected chi connectivity index (χ4v) is 2.11. The molecule has 0 aliphatic carbocycles. The van der Waals surface area contributed by atoms with Crippen molar-refractivity contribution < 1.29 is 14.3 Å². The van der Waals surface area contributed by atoms with E-state index in [2.05, 4.69) is 16.0 Å². The predicted octanol–water partition coefficient (Wildman–Crippen LogP) is 2.77. The summed E-state index contributed by atoms with van der Waals surface area (Å²) < 4.78 is 5.10. The lowest BCUT2D eigenvalue weighted by atomic mass is 10.2. The summed E-state index contributed by atoms with van der Waals surface area (Å²) in [5.41, 5.74) is 2.56. The maximum absolute atomic E-state index is 11.9. The summed E-state index contributed by atoms with van der Waals surface area (Å²) in [4.78, 5) is 23.2. The van der Waals surface area contributed by atoms with Crippen molar-refractivity contribution in [2.75, 3.05) is 24.3 Å². The van der Waals surface area contributed by atoms with Gasteiger partial charge in [0.15, 0.2) is 0 Å². The van der Waals surface area contributed by atoms with Gasteiger partial charge in [-0.15, -0.1) is 0 Å². The van der Waals surface area contributed by atoms with Crippen molar-refractivity contribution in [3.8, 4) is 5.75 Å². The number of methoxy groups -OCH3 is 1. The number of anilines is 2. The summed E-state index contributed by atoms with van der Waals surface area (Å²) >= 11 is 0. The van der Waals surface area contributed by atoms with Crippen LogP contribution in [0.25, 0.3) is 0 Å². The highest BCUT2D eigenvalue weighted by atomic mass is 16.5. The summed E-state index contributed by atoms with van der Waals surface area (Å²) in [5, 5.41) is 8.68. The van der Waals surface area contributed by atoms with E-state index in [0.29, 0.717) is 13.0 Å². The van der Waals surface area contributed by atoms with Crippen LogP contribution in [0.5, 0.6) is 5.75 Å². The van der Waals surface area contributed by atoms with Crippen LogP contribution in [0.4, 0.5) is 11.4 Å². The molecule has 0 atom stereocenters. The van der Waals surface area contributed by atoms with Crippen LogP contribution in [-0.2, 0) is 16.1 Å². The maximum Gasteiger partial charge on any atom is 0.239 e. The Bertz CT molecular complexity index is 697. The lowest BCUT2D eigenvalue weighted by Gasteiger charge is -2.09. The molecule has 0 radical (unpaired) electrons. The van der Waals surface area contributed by atoms with Gasteiger partial charge in [0, 0.05) is 24.3 Å². The molecule has 0 bridgehead atoms. The molecule has 0 unspecified atom stereocenters. The first-order chi connectivity index (χ1) is 12.1. The summed E-state index contributed by atoms with van der Waals surface area (Å²) in [6, 6.07) is 14.8. The zero-order valence-corrected chi connectivity index (χ0v) is 14.5. The second-order valence-corrected chi connectivity index (χ2v) is 5.46. The molecule has 2 rings (SSSR count). The molecule has 2 aromatic rings. The molecule has 0 spiro atoms. The van der Waals surface area contributed by atoms with Crippen molar-refractivity contribution in [3.05, 3.63) is 54.1 Å². The van der Waals surface area contributed by atoms with Crippen LogP contribution in [-0.4, -0.2) is 25.5 Å². The first-order valence-corrected chi connectivity index (χ1v) is 8.14. The molecule has 0 aromatic heterocycles. The largest absolute Gasteiger partial charge is 0.497 e. The lowest BCUT2D eigenvalue weighted by molar-refractivity contribution is -0.119. The van der Waals surface area contributed by atoms with Gasteiger partial charge in [-0.2, -0.15) is 0 Å². The van der Waals surface area contributed by atoms with Crippen LogP contribution in [0.2, 0.25) is 0 Å². The Morgan fingerprint density at radius 2 is 1.56 bits per heavy atom. The molecule has 0 aliphatic heterocycles. The molecule has 2 aromatic carbocycles. The first kappa shape index (κ1) is 18.3. The fraction of sp³-hybridized carbons (Fsp3) is 0.263. The normalized spacial score (nSPS) is 10.0. The molecule has 3 N–H and O–H groups in total. The van der Waals surface area contributed by atoms with Crippen LogP contribution in [0.3, 0.4) is 0 Å². The van der Waals surface area contributed by atoms with E-state index >= 15 is 0 Å². The summed E-state index contributed by atoms with van der Waals surface area (Å²) in [7, 11) is 1.62. The molecular formula is C19H23N3O3. The third kappa shape index (κ3) is 6.18. The van der Waals surface area contributed by atoms with E-state index in [-0.39, 0.29) is 18.4 Å². The Hall–Kier alpha value is -3.02. The van der Waals surface area contributed by atoms with Crippen LogP contribution < -0.4 is 20.7 Å². The van der Waals surface area contributed by atoms with Gasteiger partial charge in [-0.25, -0.2) is 0 Å². The third-order valence-electron chi connectivity index (χ3n) is 3.59. The number of hydrogen-bond acceptors (Lipinski definition) is 4. The van der Waals surface area contributed by atoms with Gasteiger partial charge in [0.2, 0.25) is 11.8 Å². The number of carbonyl (C=O) groups is 2. The molecule has 0 saturated heterocycles. The number of nitrogens with one attached hydrogen (secondary N) is 3. The smallest absolute Gasteiger partial charge is 0.239 e. The number of benzene rings is 2. The molecule has 25 heavy (non-hydrogen) atoms. The van der Waals surface area contributed by atoms with Gasteiger partial charge >= 0.3 is 0 Å². The van der Waals surface area contributed by atoms with Crippen molar-refractivity contribution in [2.24, 2.45) is 0 Å². The first-order valence-electron chi connectivity index (χ1n) is 8.14. The molecule has 0 saturated carbocycles. The quantitative estimate of drug-likeness (QED) is 0.690. The van der Waals surface area contributed by atoms with E-state index in [1.807, 2.05) is 36.4 Å². The minimum Gasteiger partial charge on any atom is -0.497 e. The minimum absolute atomic E-state index is 0.0291. The van der Waals surface area contributed by atoms with Crippen molar-refractivity contribution in [3.63, 3.8) is 0 Å². The molecule has 6 nitrogen and oxygen atoms in total. The average molecular weight is 341 g/mol. The number of carbonyl (C=O) groups excluding carboxylic acids is 2. The zero-order valence-electron chi connectivity index (χ0n) is 14.5. The highest BCUT2D eigenvalue weighted by Gasteiger charge is 2.03. The summed E-state index contributed by atoms with van der Waals surface area (Å²) in [5.74, 6) is 0.660. The molecular weight excluding hydrogens is 318 g/mol. The van der Waals surface area contributed by atoms with Gasteiger partial charge in [0.25, 0.3) is 0 Å². The Morgan fingerprint density at radius 1 is 0.920 bits per heavy atom. The number of amides is 2. The Morgan fingerprint density at radius 3 is 2.16 bits per heavy atom. The number of rotatable bonds is 8. The summed E-state index contributed by atoms with van der Waals surface area (Å²) in [6.45, 7) is 2.44. The molecule has 0 aliphatic rings. The van der Waals surface area contributed by atoms with Crippen LogP contribution in [0.1, 0.15) is 18.9 Å². The molecule has 2 amide bonds. The van der Waals surface area contributed by atoms with E-state index in [9.17, 15) is 9.59 Å². The minimum atomic E-state index is -0.0980. The molecule has 0 heterocycles. The van der Waals surface area contributed by atoms with Gasteiger partial charge < -0.3 is 20.7 Å². The van der Waals surface area contributed by atoms with Crippen molar-refractivity contribution in [2.45, 2.75) is 19.9 Å². The SMILES string of the molecule is CCC(=O)Nc1ccc(NCC(=O)NCc2ccc(OC)cc2)cc1. The lowest BCUT2D eigenvalue weighted by Crippen LogP contribution is -2.29. The number of hydrogen-bond donors (Lipinski definition) is 3. The van der Waals surface area contributed by atoms with Crippen molar-refractivity contribution in [1.82, 2.24) is 5.32 Å². The Balaban J connectivity index is 1.74.